The van der Waals surface area contributed by atoms with Crippen LogP contribution in [0.4, 0.5) is 5.82 Å². The smallest absolute Gasteiger partial charge is 0.157 e. The summed E-state index contributed by atoms with van der Waals surface area (Å²) >= 11 is 1.78. The lowest BCUT2D eigenvalue weighted by Gasteiger charge is -2.13. The first-order valence-corrected chi connectivity index (χ1v) is 8.94. The van der Waals surface area contributed by atoms with Gasteiger partial charge < -0.3 is 5.32 Å². The number of fused-ring (bicyclic) bond motifs is 1. The quantitative estimate of drug-likeness (QED) is 0.910. The van der Waals surface area contributed by atoms with Crippen molar-refractivity contribution < 1.29 is 8.42 Å². The molecule has 0 aromatic carbocycles. The zero-order valence-electron chi connectivity index (χ0n) is 10.7. The Morgan fingerprint density at radius 3 is 2.72 bits per heavy atom. The molecular weight excluding hydrogens is 270 g/mol. The largest absolute Gasteiger partial charge is 0.370 e. The molecule has 0 bridgehead atoms. The van der Waals surface area contributed by atoms with Gasteiger partial charge in [-0.3, -0.25) is 0 Å². The topological polar surface area (TPSA) is 72.0 Å². The molecule has 5 nitrogen and oxygen atoms in total. The van der Waals surface area contributed by atoms with E-state index in [2.05, 4.69) is 15.3 Å². The van der Waals surface area contributed by atoms with Gasteiger partial charge in [0.25, 0.3) is 0 Å². The van der Waals surface area contributed by atoms with Gasteiger partial charge in [-0.25, -0.2) is 18.4 Å². The minimum atomic E-state index is -3.16. The summed E-state index contributed by atoms with van der Waals surface area (Å²) in [5.41, 5.74) is 2.09. The molecule has 1 aromatic rings. The van der Waals surface area contributed by atoms with Crippen molar-refractivity contribution in [2.45, 2.75) is 30.6 Å². The maximum atomic E-state index is 11.6. The molecule has 0 radical (unpaired) electrons. The molecule has 1 atom stereocenters. The van der Waals surface area contributed by atoms with E-state index < -0.39 is 15.1 Å². The minimum Gasteiger partial charge on any atom is -0.370 e. The van der Waals surface area contributed by atoms with Crippen molar-refractivity contribution in [1.82, 2.24) is 9.97 Å². The fraction of sp³-hybridized carbons (Fsp3) is 0.636. The van der Waals surface area contributed by atoms with Crippen LogP contribution in [0, 0.1) is 0 Å². The second-order valence-electron chi connectivity index (χ2n) is 4.35. The second kappa shape index (κ2) is 5.05. The molecule has 18 heavy (non-hydrogen) atoms. The first kappa shape index (κ1) is 13.6. The Morgan fingerprint density at radius 2 is 2.11 bits per heavy atom. The third-order valence-corrected chi connectivity index (χ3v) is 5.41. The molecule has 1 unspecified atom stereocenters. The zero-order chi connectivity index (χ0) is 13.3. The lowest BCUT2D eigenvalue weighted by molar-refractivity contribution is 0.589. The number of hydrogen-bond acceptors (Lipinski definition) is 6. The van der Waals surface area contributed by atoms with Crippen LogP contribution in [0.5, 0.6) is 0 Å². The molecule has 0 amide bonds. The van der Waals surface area contributed by atoms with Gasteiger partial charge in [0.1, 0.15) is 16.9 Å². The lowest BCUT2D eigenvalue weighted by Crippen LogP contribution is -2.15. The fourth-order valence-corrected chi connectivity index (χ4v) is 3.29. The molecule has 0 spiro atoms. The predicted octanol–water partition coefficient (Wildman–Crippen LogP) is 1.76. The van der Waals surface area contributed by atoms with Gasteiger partial charge in [-0.1, -0.05) is 0 Å². The third kappa shape index (κ3) is 2.61. The average molecular weight is 287 g/mol. The van der Waals surface area contributed by atoms with E-state index in [1.54, 1.807) is 18.7 Å². The van der Waals surface area contributed by atoms with Gasteiger partial charge in [0.05, 0.1) is 5.69 Å². The normalized spacial score (nSPS) is 16.4. The zero-order valence-corrected chi connectivity index (χ0v) is 12.4. The number of aromatic nitrogens is 2. The molecule has 0 saturated carbocycles. The summed E-state index contributed by atoms with van der Waals surface area (Å²) in [6, 6.07) is 0. The number of rotatable bonds is 4. The molecule has 2 heterocycles. The fourth-order valence-electron chi connectivity index (χ4n) is 1.76. The summed E-state index contributed by atoms with van der Waals surface area (Å²) in [6.45, 7) is 4.39. The van der Waals surface area contributed by atoms with Crippen LogP contribution in [0.1, 0.15) is 36.2 Å². The van der Waals surface area contributed by atoms with Gasteiger partial charge in [0, 0.05) is 29.9 Å². The number of sulfone groups is 1. The molecule has 2 rings (SSSR count). The number of nitrogens with one attached hydrogen (secondary N) is 1. The second-order valence-corrected chi connectivity index (χ2v) is 7.70. The Kier molecular flexibility index (Phi) is 3.82. The van der Waals surface area contributed by atoms with Crippen LogP contribution in [-0.2, 0) is 21.3 Å². The van der Waals surface area contributed by atoms with Crippen molar-refractivity contribution in [3.63, 3.8) is 0 Å². The van der Waals surface area contributed by atoms with E-state index in [4.69, 9.17) is 0 Å². The standard InChI is InChI=1S/C11H17N3O2S2/c1-4-12-11-8-5-17-6-9(8)13-10(14-11)7(2)18(3,15)16/h7H,4-6H2,1-3H3,(H,12,13,14). The lowest BCUT2D eigenvalue weighted by atomic mass is 10.2. The average Bonchev–Trinajstić information content (AvgIpc) is 2.75. The molecule has 7 heteroatoms. The van der Waals surface area contributed by atoms with Gasteiger partial charge in [-0.2, -0.15) is 11.8 Å². The number of thioether (sulfide) groups is 1. The van der Waals surface area contributed by atoms with E-state index in [1.165, 1.54) is 6.26 Å². The predicted molar refractivity (Wildman–Crippen MR) is 74.5 cm³/mol. The highest BCUT2D eigenvalue weighted by molar-refractivity contribution is 7.98. The van der Waals surface area contributed by atoms with Crippen molar-refractivity contribution in [3.8, 4) is 0 Å². The molecule has 1 N–H and O–H groups in total. The molecule has 1 aliphatic rings. The van der Waals surface area contributed by atoms with Crippen LogP contribution >= 0.6 is 11.8 Å². The number of anilines is 1. The number of hydrogen-bond donors (Lipinski definition) is 1. The van der Waals surface area contributed by atoms with Gasteiger partial charge in [0.15, 0.2) is 9.84 Å². The van der Waals surface area contributed by atoms with Crippen LogP contribution in [0.25, 0.3) is 0 Å². The van der Waals surface area contributed by atoms with Crippen molar-refractivity contribution in [2.24, 2.45) is 0 Å². The van der Waals surface area contributed by atoms with Crippen LogP contribution < -0.4 is 5.32 Å². The third-order valence-electron chi connectivity index (χ3n) is 2.95. The highest BCUT2D eigenvalue weighted by Crippen LogP contribution is 2.34. The highest BCUT2D eigenvalue weighted by atomic mass is 32.2. The highest BCUT2D eigenvalue weighted by Gasteiger charge is 2.25. The van der Waals surface area contributed by atoms with E-state index in [0.717, 1.165) is 35.1 Å². The van der Waals surface area contributed by atoms with Crippen LogP contribution in [0.2, 0.25) is 0 Å². The Labute approximate surface area is 112 Å². The van der Waals surface area contributed by atoms with E-state index in [9.17, 15) is 8.42 Å². The number of nitrogens with zero attached hydrogens (tertiary/aromatic N) is 2. The minimum absolute atomic E-state index is 0.398. The first-order valence-electron chi connectivity index (χ1n) is 5.83. The Morgan fingerprint density at radius 1 is 1.39 bits per heavy atom. The van der Waals surface area contributed by atoms with E-state index in [1.807, 2.05) is 6.92 Å². The van der Waals surface area contributed by atoms with E-state index in [-0.39, 0.29) is 0 Å². The van der Waals surface area contributed by atoms with Gasteiger partial charge in [-0.05, 0) is 13.8 Å². The van der Waals surface area contributed by atoms with Gasteiger partial charge in [-0.15, -0.1) is 0 Å². The summed E-state index contributed by atoms with van der Waals surface area (Å²) in [4.78, 5) is 8.80. The molecule has 1 aliphatic heterocycles. The van der Waals surface area contributed by atoms with Crippen molar-refractivity contribution in [3.05, 3.63) is 17.1 Å². The van der Waals surface area contributed by atoms with Crippen LogP contribution in [0.15, 0.2) is 0 Å². The molecule has 100 valence electrons. The molecule has 0 aliphatic carbocycles. The Hall–Kier alpha value is -0.820. The molecule has 0 saturated heterocycles. The summed E-state index contributed by atoms with van der Waals surface area (Å²) in [6.07, 6.45) is 1.22. The molecule has 0 fully saturated rings. The van der Waals surface area contributed by atoms with Crippen molar-refractivity contribution >= 4 is 27.4 Å². The molecular formula is C11H17N3O2S2. The van der Waals surface area contributed by atoms with E-state index in [0.29, 0.717) is 5.82 Å². The summed E-state index contributed by atoms with van der Waals surface area (Å²) in [7, 11) is -3.16. The SMILES string of the molecule is CCNc1nc(C(C)S(C)(=O)=O)nc2c1CSC2. The Bertz CT molecular complexity index is 558. The maximum Gasteiger partial charge on any atom is 0.157 e. The van der Waals surface area contributed by atoms with E-state index >= 15 is 0 Å². The maximum absolute atomic E-state index is 11.6. The summed E-state index contributed by atoms with van der Waals surface area (Å²) in [5, 5.41) is 2.53. The van der Waals surface area contributed by atoms with Gasteiger partial charge >= 0.3 is 0 Å². The van der Waals surface area contributed by atoms with Crippen LogP contribution in [0.3, 0.4) is 0 Å². The molecule has 1 aromatic heterocycles. The summed E-state index contributed by atoms with van der Waals surface area (Å²) in [5.74, 6) is 2.91. The first-order chi connectivity index (χ1) is 8.43. The van der Waals surface area contributed by atoms with Crippen molar-refractivity contribution in [2.75, 3.05) is 18.1 Å². The Balaban J connectivity index is 2.48. The monoisotopic (exact) mass is 287 g/mol. The van der Waals surface area contributed by atoms with Crippen molar-refractivity contribution in [1.29, 1.82) is 0 Å². The van der Waals surface area contributed by atoms with Crippen LogP contribution in [-0.4, -0.2) is 31.2 Å². The van der Waals surface area contributed by atoms with Gasteiger partial charge in [0.2, 0.25) is 0 Å². The summed E-state index contributed by atoms with van der Waals surface area (Å²) < 4.78 is 23.2.